The van der Waals surface area contributed by atoms with Gasteiger partial charge >= 0.3 is 0 Å². The van der Waals surface area contributed by atoms with Gasteiger partial charge in [0.25, 0.3) is 0 Å². The maximum atomic E-state index is 12.3. The van der Waals surface area contributed by atoms with Gasteiger partial charge in [-0.2, -0.15) is 4.98 Å². The zero-order valence-corrected chi connectivity index (χ0v) is 23.2. The normalized spacial score (nSPS) is 11.0. The summed E-state index contributed by atoms with van der Waals surface area (Å²) in [6, 6.07) is 13.7. The number of methoxy groups -OCH3 is 3. The van der Waals surface area contributed by atoms with Crippen molar-refractivity contribution < 1.29 is 19.0 Å². The first-order valence-electron chi connectivity index (χ1n) is 12.8. The van der Waals surface area contributed by atoms with Gasteiger partial charge in [-0.15, -0.1) is 0 Å². The van der Waals surface area contributed by atoms with Gasteiger partial charge in [-0.3, -0.25) is 4.79 Å². The second kappa shape index (κ2) is 13.0. The van der Waals surface area contributed by atoms with Crippen molar-refractivity contribution in [2.45, 2.75) is 19.3 Å². The third-order valence-corrected chi connectivity index (χ3v) is 6.28. The predicted octanol–water partition coefficient (Wildman–Crippen LogP) is 4.19. The number of fused-ring (bicyclic) bond motifs is 1. The smallest absolute Gasteiger partial charge is 0.229 e. The molecular weight excluding hydrogens is 496 g/mol. The van der Waals surface area contributed by atoms with Crippen molar-refractivity contribution in [3.05, 3.63) is 60.4 Å². The summed E-state index contributed by atoms with van der Waals surface area (Å²) in [5.41, 5.74) is 3.51. The minimum atomic E-state index is 0.0702. The molecule has 0 aliphatic rings. The number of amides is 1. The summed E-state index contributed by atoms with van der Waals surface area (Å²) in [6.45, 7) is 1.65. The van der Waals surface area contributed by atoms with Gasteiger partial charge in [0.2, 0.25) is 17.6 Å². The number of nitrogens with one attached hydrogen (secondary N) is 2. The largest absolute Gasteiger partial charge is 0.493 e. The Labute approximate surface area is 228 Å². The molecule has 0 fully saturated rings. The average molecular weight is 533 g/mol. The second-order valence-corrected chi connectivity index (χ2v) is 9.37. The SMILES string of the molecule is COc1cc(Nc2ncc3ccn(-c4cccc(CCC(=O)NCCCN(C)C)c4)c3n2)cc(OC)c1OC. The molecule has 10 heteroatoms. The van der Waals surface area contributed by atoms with E-state index >= 15 is 0 Å². The molecule has 0 saturated heterocycles. The first-order chi connectivity index (χ1) is 18.9. The van der Waals surface area contributed by atoms with E-state index in [-0.39, 0.29) is 5.91 Å². The molecule has 1 amide bonds. The Kier molecular flexibility index (Phi) is 9.22. The fraction of sp³-hybridized carbons (Fsp3) is 0.345. The maximum Gasteiger partial charge on any atom is 0.229 e. The summed E-state index contributed by atoms with van der Waals surface area (Å²) in [5, 5.41) is 7.15. The van der Waals surface area contributed by atoms with E-state index in [2.05, 4.69) is 26.6 Å². The Hall–Kier alpha value is -4.31. The van der Waals surface area contributed by atoms with Gasteiger partial charge in [-0.1, -0.05) is 12.1 Å². The highest BCUT2D eigenvalue weighted by Gasteiger charge is 2.15. The van der Waals surface area contributed by atoms with Crippen LogP contribution in [0.25, 0.3) is 16.7 Å². The van der Waals surface area contributed by atoms with Crippen LogP contribution >= 0.6 is 0 Å². The quantitative estimate of drug-likeness (QED) is 0.247. The summed E-state index contributed by atoms with van der Waals surface area (Å²) in [4.78, 5) is 23.6. The Bertz CT molecular complexity index is 1390. The van der Waals surface area contributed by atoms with Crippen LogP contribution in [0.4, 0.5) is 11.6 Å². The number of carbonyl (C=O) groups is 1. The van der Waals surface area contributed by atoms with Gasteiger partial charge in [-0.25, -0.2) is 4.98 Å². The summed E-state index contributed by atoms with van der Waals surface area (Å²) in [6.07, 6.45) is 5.80. The molecule has 0 saturated carbocycles. The standard InChI is InChI=1S/C29H36N6O4/c1-34(2)14-7-13-30-26(36)11-10-20-8-6-9-23(16-20)35-15-12-21-19-31-29(33-28(21)35)32-22-17-24(37-3)27(39-5)25(18-22)38-4/h6,8-9,12,15-19H,7,10-11,13-14H2,1-5H3,(H,30,36)(H,31,32,33). The van der Waals surface area contributed by atoms with Crippen LogP contribution in [0.2, 0.25) is 0 Å². The Morgan fingerprint density at radius 1 is 1.03 bits per heavy atom. The zero-order valence-electron chi connectivity index (χ0n) is 23.2. The van der Waals surface area contributed by atoms with E-state index in [0.29, 0.717) is 48.3 Å². The molecule has 0 aliphatic carbocycles. The number of benzene rings is 2. The van der Waals surface area contributed by atoms with Crippen LogP contribution in [0.3, 0.4) is 0 Å². The van der Waals surface area contributed by atoms with E-state index in [9.17, 15) is 4.79 Å². The maximum absolute atomic E-state index is 12.3. The Morgan fingerprint density at radius 3 is 2.49 bits per heavy atom. The number of anilines is 2. The van der Waals surface area contributed by atoms with Gasteiger partial charge in [-0.05, 0) is 57.2 Å². The van der Waals surface area contributed by atoms with Crippen molar-refractivity contribution in [2.75, 3.05) is 53.8 Å². The highest BCUT2D eigenvalue weighted by molar-refractivity contribution is 5.79. The highest BCUT2D eigenvalue weighted by Crippen LogP contribution is 2.40. The lowest BCUT2D eigenvalue weighted by Gasteiger charge is -2.14. The van der Waals surface area contributed by atoms with E-state index < -0.39 is 0 Å². The fourth-order valence-corrected chi connectivity index (χ4v) is 4.30. The van der Waals surface area contributed by atoms with Gasteiger partial charge in [0.05, 0.1) is 21.3 Å². The minimum absolute atomic E-state index is 0.0702. The van der Waals surface area contributed by atoms with E-state index in [4.69, 9.17) is 19.2 Å². The van der Waals surface area contributed by atoms with Crippen LogP contribution in [0.5, 0.6) is 17.2 Å². The van der Waals surface area contributed by atoms with E-state index in [1.807, 2.05) is 49.1 Å². The molecule has 0 unspecified atom stereocenters. The summed E-state index contributed by atoms with van der Waals surface area (Å²) < 4.78 is 18.3. The van der Waals surface area contributed by atoms with Gasteiger partial charge in [0.15, 0.2) is 11.5 Å². The van der Waals surface area contributed by atoms with Crippen molar-refractivity contribution in [1.29, 1.82) is 0 Å². The molecule has 0 spiro atoms. The molecule has 0 bridgehead atoms. The Morgan fingerprint density at radius 2 is 1.79 bits per heavy atom. The number of aromatic nitrogens is 3. The molecule has 0 atom stereocenters. The number of carbonyl (C=O) groups excluding carboxylic acids is 1. The van der Waals surface area contributed by atoms with Gasteiger partial charge < -0.3 is 34.3 Å². The molecule has 4 aromatic rings. The van der Waals surface area contributed by atoms with E-state index in [1.54, 1.807) is 39.7 Å². The van der Waals surface area contributed by atoms with Crippen molar-refractivity contribution in [1.82, 2.24) is 24.8 Å². The third-order valence-electron chi connectivity index (χ3n) is 6.28. The molecule has 2 aromatic heterocycles. The van der Waals surface area contributed by atoms with Crippen LogP contribution in [0, 0.1) is 0 Å². The third kappa shape index (κ3) is 6.97. The molecule has 10 nitrogen and oxygen atoms in total. The number of hydrogen-bond acceptors (Lipinski definition) is 8. The predicted molar refractivity (Wildman–Crippen MR) is 153 cm³/mol. The molecule has 0 aliphatic heterocycles. The molecule has 2 heterocycles. The first kappa shape index (κ1) is 27.7. The molecule has 0 radical (unpaired) electrons. The first-order valence-corrected chi connectivity index (χ1v) is 12.8. The molecule has 2 N–H and O–H groups in total. The molecular formula is C29H36N6O4. The molecule has 39 heavy (non-hydrogen) atoms. The second-order valence-electron chi connectivity index (χ2n) is 9.37. The van der Waals surface area contributed by atoms with E-state index in [0.717, 1.165) is 35.2 Å². The topological polar surface area (TPSA) is 103 Å². The van der Waals surface area contributed by atoms with Crippen molar-refractivity contribution in [2.24, 2.45) is 0 Å². The van der Waals surface area contributed by atoms with E-state index in [1.165, 1.54) is 0 Å². The lowest BCUT2D eigenvalue weighted by atomic mass is 10.1. The zero-order chi connectivity index (χ0) is 27.8. The summed E-state index contributed by atoms with van der Waals surface area (Å²) in [7, 11) is 8.77. The van der Waals surface area contributed by atoms with Gasteiger partial charge in [0, 0.05) is 54.3 Å². The van der Waals surface area contributed by atoms with Crippen molar-refractivity contribution in [3.8, 4) is 22.9 Å². The number of aryl methyl sites for hydroxylation is 1. The van der Waals surface area contributed by atoms with Crippen LogP contribution in [-0.4, -0.2) is 73.9 Å². The molecule has 206 valence electrons. The summed E-state index contributed by atoms with van der Waals surface area (Å²) in [5.74, 6) is 2.07. The minimum Gasteiger partial charge on any atom is -0.493 e. The van der Waals surface area contributed by atoms with Crippen molar-refractivity contribution >= 4 is 28.6 Å². The van der Waals surface area contributed by atoms with Gasteiger partial charge in [0.1, 0.15) is 5.65 Å². The lowest BCUT2D eigenvalue weighted by molar-refractivity contribution is -0.121. The number of rotatable bonds is 13. The molecule has 2 aromatic carbocycles. The van der Waals surface area contributed by atoms with Crippen LogP contribution < -0.4 is 24.8 Å². The summed E-state index contributed by atoms with van der Waals surface area (Å²) >= 11 is 0. The number of hydrogen-bond donors (Lipinski definition) is 2. The average Bonchev–Trinajstić information content (AvgIpc) is 3.37. The highest BCUT2D eigenvalue weighted by atomic mass is 16.5. The molecule has 4 rings (SSSR count). The fourth-order valence-electron chi connectivity index (χ4n) is 4.30. The number of ether oxygens (including phenoxy) is 3. The van der Waals surface area contributed by atoms with Crippen LogP contribution in [0.15, 0.2) is 54.9 Å². The Balaban J connectivity index is 1.49. The van der Waals surface area contributed by atoms with Crippen LogP contribution in [0.1, 0.15) is 18.4 Å². The number of nitrogens with zero attached hydrogens (tertiary/aromatic N) is 4. The monoisotopic (exact) mass is 532 g/mol. The van der Waals surface area contributed by atoms with Crippen molar-refractivity contribution in [3.63, 3.8) is 0 Å². The lowest BCUT2D eigenvalue weighted by Crippen LogP contribution is -2.27. The van der Waals surface area contributed by atoms with Crippen LogP contribution in [-0.2, 0) is 11.2 Å².